The summed E-state index contributed by atoms with van der Waals surface area (Å²) in [6, 6.07) is 0. The van der Waals surface area contributed by atoms with E-state index in [4.69, 9.17) is 0 Å². The van der Waals surface area contributed by atoms with Crippen LogP contribution in [0.15, 0.2) is 11.8 Å². The SMILES string of the molecule is CCOC(=O)C(=CC(F)(F)C(F)(F)C(F)(F)C(F)(F)C(F)(F)C(F)(F)C(F)(F)C(F)(F)F)N[SH](=O)=O. The van der Waals surface area contributed by atoms with Crippen molar-refractivity contribution in [1.82, 2.24) is 4.72 Å². The first kappa shape index (κ1) is 33.8. The molecule has 0 aliphatic heterocycles. The van der Waals surface area contributed by atoms with Gasteiger partial charge < -0.3 is 4.74 Å². The lowest BCUT2D eigenvalue weighted by Crippen LogP contribution is -2.74. The number of ether oxygens (including phenoxy) is 1. The van der Waals surface area contributed by atoms with Crippen molar-refractivity contribution in [2.45, 2.75) is 54.6 Å². The molecule has 0 aliphatic rings. The molecular weight excluding hydrogens is 589 g/mol. The third kappa shape index (κ3) is 5.10. The zero-order chi connectivity index (χ0) is 29.6. The van der Waals surface area contributed by atoms with Crippen LogP contribution in [0.4, 0.5) is 74.6 Å². The van der Waals surface area contributed by atoms with Crippen molar-refractivity contribution >= 4 is 16.9 Å². The Morgan fingerprint density at radius 1 is 0.667 bits per heavy atom. The molecule has 214 valence electrons. The molecule has 0 unspecified atom stereocenters. The third-order valence-corrected chi connectivity index (χ3v) is 4.20. The molecule has 0 aliphatic carbocycles. The molecule has 0 fully saturated rings. The Bertz CT molecular complexity index is 929. The second kappa shape index (κ2) is 9.58. The van der Waals surface area contributed by atoms with Gasteiger partial charge in [-0.3, -0.25) is 4.72 Å². The average molecular weight is 597 g/mol. The van der Waals surface area contributed by atoms with Gasteiger partial charge in [0.15, 0.2) is 0 Å². The van der Waals surface area contributed by atoms with Crippen LogP contribution in [-0.4, -0.2) is 68.6 Å². The van der Waals surface area contributed by atoms with E-state index in [9.17, 15) is 87.8 Å². The van der Waals surface area contributed by atoms with E-state index in [0.717, 1.165) is 6.92 Å². The number of thiol groups is 1. The second-order valence-corrected chi connectivity index (χ2v) is 6.95. The minimum Gasteiger partial charge on any atom is -0.461 e. The van der Waals surface area contributed by atoms with Crippen molar-refractivity contribution in [3.05, 3.63) is 11.8 Å². The molecule has 0 aromatic carbocycles. The maximum atomic E-state index is 13.8. The number of halogens is 17. The third-order valence-electron chi connectivity index (χ3n) is 3.78. The van der Waals surface area contributed by atoms with Crippen LogP contribution in [0.5, 0.6) is 0 Å². The zero-order valence-electron chi connectivity index (χ0n) is 16.3. The minimum absolute atomic E-state index is 0.576. The largest absolute Gasteiger partial charge is 0.461 e. The summed E-state index contributed by atoms with van der Waals surface area (Å²) >= 11 is 0. The van der Waals surface area contributed by atoms with E-state index >= 15 is 0 Å². The predicted octanol–water partition coefficient (Wildman–Crippen LogP) is 4.56. The highest BCUT2D eigenvalue weighted by Crippen LogP contribution is 2.64. The van der Waals surface area contributed by atoms with Crippen LogP contribution >= 0.6 is 0 Å². The molecule has 0 atom stereocenters. The molecule has 36 heavy (non-hydrogen) atoms. The summed E-state index contributed by atoms with van der Waals surface area (Å²) in [5.41, 5.74) is -2.45. The molecule has 0 heterocycles. The molecule has 0 saturated carbocycles. The molecule has 1 N–H and O–H groups in total. The Kier molecular flexibility index (Phi) is 8.98. The molecule has 5 nitrogen and oxygen atoms in total. The standard InChI is InChI=1S/C13H8F17NO4S/c1-2-35-5(32)4(31-36(33)34)3-6(14,15)7(16,17)8(18,19)9(20,21)10(22,23)11(24,25)12(26,27)13(28,29)30/h3,36H,2H2,1H3,(H,31,33,34). The zero-order valence-corrected chi connectivity index (χ0v) is 17.2. The number of hydrogen-bond donors (Lipinski definition) is 2. The summed E-state index contributed by atoms with van der Waals surface area (Å²) in [5, 5.41) is 0. The molecule has 0 rings (SSSR count). The first-order chi connectivity index (χ1) is 15.5. The van der Waals surface area contributed by atoms with E-state index in [2.05, 4.69) is 4.74 Å². The van der Waals surface area contributed by atoms with Gasteiger partial charge in [0.05, 0.1) is 6.61 Å². The van der Waals surface area contributed by atoms with E-state index in [0.29, 0.717) is 4.72 Å². The molecule has 0 aromatic heterocycles. The number of nitrogens with one attached hydrogen (secondary N) is 1. The van der Waals surface area contributed by atoms with Crippen LogP contribution in [0.2, 0.25) is 0 Å². The first-order valence-electron chi connectivity index (χ1n) is 8.03. The maximum Gasteiger partial charge on any atom is 0.460 e. The number of carbonyl (C=O) groups is 1. The topological polar surface area (TPSA) is 72.5 Å². The number of hydrogen-bond acceptors (Lipinski definition) is 4. The van der Waals surface area contributed by atoms with E-state index in [-0.39, 0.29) is 0 Å². The highest BCUT2D eigenvalue weighted by Gasteiger charge is 2.95. The van der Waals surface area contributed by atoms with Gasteiger partial charge in [-0.25, -0.2) is 13.2 Å². The van der Waals surface area contributed by atoms with E-state index < -0.39 is 82.9 Å². The summed E-state index contributed by atoms with van der Waals surface area (Å²) in [7, 11) is -4.32. The quantitative estimate of drug-likeness (QED) is 0.159. The Labute approximate surface area is 188 Å². The van der Waals surface area contributed by atoms with Gasteiger partial charge in [-0.1, -0.05) is 0 Å². The van der Waals surface area contributed by atoms with E-state index in [1.165, 1.54) is 0 Å². The number of rotatable bonds is 11. The normalized spacial score (nSPS) is 15.8. The average Bonchev–Trinajstić information content (AvgIpc) is 2.65. The summed E-state index contributed by atoms with van der Waals surface area (Å²) in [5.74, 6) is -60.8. The molecule has 0 bridgehead atoms. The first-order valence-corrected chi connectivity index (χ1v) is 9.21. The minimum atomic E-state index is -8.81. The Morgan fingerprint density at radius 3 is 1.31 bits per heavy atom. The van der Waals surface area contributed by atoms with Crippen molar-refractivity contribution in [3.63, 3.8) is 0 Å². The summed E-state index contributed by atoms with van der Waals surface area (Å²) in [4.78, 5) is 11.3. The Morgan fingerprint density at radius 2 is 1.00 bits per heavy atom. The number of carbonyl (C=O) groups excluding carboxylic acids is 1. The van der Waals surface area contributed by atoms with Gasteiger partial charge in [0.1, 0.15) is 5.70 Å². The second-order valence-electron chi connectivity index (χ2n) is 6.21. The fraction of sp³-hybridized carbons (Fsp3) is 0.769. The molecule has 0 spiro atoms. The molecule has 0 radical (unpaired) electrons. The fourth-order valence-corrected chi connectivity index (χ4v) is 2.24. The van der Waals surface area contributed by atoms with Gasteiger partial charge in [-0.15, -0.1) is 0 Å². The van der Waals surface area contributed by atoms with E-state index in [1.807, 2.05) is 0 Å². The molecule has 0 aromatic rings. The van der Waals surface area contributed by atoms with E-state index in [1.54, 1.807) is 0 Å². The summed E-state index contributed by atoms with van der Waals surface area (Å²) in [6.45, 7) is -0.0222. The Hall–Kier alpha value is -2.23. The van der Waals surface area contributed by atoms with Gasteiger partial charge in [0.2, 0.25) is 10.9 Å². The fourth-order valence-electron chi connectivity index (χ4n) is 1.89. The monoisotopic (exact) mass is 597 g/mol. The van der Waals surface area contributed by atoms with Crippen molar-refractivity contribution in [3.8, 4) is 0 Å². The lowest BCUT2D eigenvalue weighted by atomic mass is 9.89. The highest BCUT2D eigenvalue weighted by molar-refractivity contribution is 7.70. The highest BCUT2D eigenvalue weighted by atomic mass is 32.2. The molecule has 0 amide bonds. The summed E-state index contributed by atoms with van der Waals surface area (Å²) < 4.78 is 249. The van der Waals surface area contributed by atoms with Gasteiger partial charge in [0.25, 0.3) is 0 Å². The molecular formula is C13H8F17NO4S. The lowest BCUT2D eigenvalue weighted by Gasteiger charge is -2.42. The van der Waals surface area contributed by atoms with Crippen molar-refractivity contribution < 1.29 is 92.6 Å². The van der Waals surface area contributed by atoms with Crippen LogP contribution in [0.25, 0.3) is 0 Å². The maximum absolute atomic E-state index is 13.8. The Balaban J connectivity index is 7.00. The van der Waals surface area contributed by atoms with Crippen LogP contribution in [0, 0.1) is 0 Å². The van der Waals surface area contributed by atoms with Crippen LogP contribution in [0.1, 0.15) is 6.92 Å². The number of esters is 1. The van der Waals surface area contributed by atoms with Crippen molar-refractivity contribution in [2.24, 2.45) is 0 Å². The molecule has 23 heteroatoms. The lowest BCUT2D eigenvalue weighted by molar-refractivity contribution is -0.459. The summed E-state index contributed by atoms with van der Waals surface area (Å²) in [6.07, 6.45) is -9.80. The van der Waals surface area contributed by atoms with Gasteiger partial charge >= 0.3 is 53.6 Å². The number of allylic oxidation sites excluding steroid dienone is 1. The van der Waals surface area contributed by atoms with Crippen LogP contribution in [-0.2, 0) is 20.4 Å². The van der Waals surface area contributed by atoms with Gasteiger partial charge in [-0.2, -0.15) is 74.6 Å². The van der Waals surface area contributed by atoms with Crippen molar-refractivity contribution in [2.75, 3.05) is 6.61 Å². The van der Waals surface area contributed by atoms with Gasteiger partial charge in [0, 0.05) is 6.08 Å². The van der Waals surface area contributed by atoms with Crippen LogP contribution in [0.3, 0.4) is 0 Å². The smallest absolute Gasteiger partial charge is 0.460 e. The predicted molar refractivity (Wildman–Crippen MR) is 78.9 cm³/mol. The van der Waals surface area contributed by atoms with Crippen molar-refractivity contribution in [1.29, 1.82) is 0 Å². The van der Waals surface area contributed by atoms with Gasteiger partial charge in [-0.05, 0) is 6.92 Å². The molecule has 0 saturated heterocycles. The van der Waals surface area contributed by atoms with Crippen LogP contribution < -0.4 is 4.72 Å². The number of alkyl halides is 17.